The topological polar surface area (TPSA) is 108 Å². The highest BCUT2D eigenvalue weighted by Gasteiger charge is 2.15. The quantitative estimate of drug-likeness (QED) is 0.278. The van der Waals surface area contributed by atoms with Crippen LogP contribution in [-0.2, 0) is 11.3 Å². The molecule has 2 N–H and O–H groups in total. The highest BCUT2D eigenvalue weighted by Crippen LogP contribution is 2.22. The molecule has 0 heterocycles. The van der Waals surface area contributed by atoms with Crippen molar-refractivity contribution in [3.05, 3.63) is 73.2 Å². The summed E-state index contributed by atoms with van der Waals surface area (Å²) in [5.74, 6) is -0.737. The number of nitro groups is 1. The maximum absolute atomic E-state index is 11.9. The molecule has 25 heavy (non-hydrogen) atoms. The number of oxime groups is 1. The Labute approximate surface area is 153 Å². The molecule has 2 aromatic rings. The van der Waals surface area contributed by atoms with Gasteiger partial charge in [-0.25, -0.2) is 4.79 Å². The molecule has 0 radical (unpaired) electrons. The van der Waals surface area contributed by atoms with Crippen LogP contribution < -0.4 is 5.73 Å². The number of nitrogens with zero attached hydrogens (tertiary/aromatic N) is 2. The van der Waals surface area contributed by atoms with Crippen LogP contribution in [0.5, 0.6) is 0 Å². The van der Waals surface area contributed by atoms with E-state index in [0.717, 1.165) is 0 Å². The van der Waals surface area contributed by atoms with Gasteiger partial charge in [0.15, 0.2) is 0 Å². The molecule has 0 unspecified atom stereocenters. The summed E-state index contributed by atoms with van der Waals surface area (Å²) in [7, 11) is 0. The van der Waals surface area contributed by atoms with Gasteiger partial charge in [0.2, 0.25) is 0 Å². The fraction of sp³-hybridized carbons (Fsp3) is 0.125. The van der Waals surface area contributed by atoms with Crippen LogP contribution in [0.15, 0.2) is 41.6 Å². The van der Waals surface area contributed by atoms with Crippen LogP contribution in [-0.4, -0.2) is 16.7 Å². The molecule has 0 spiro atoms. The third kappa shape index (κ3) is 4.91. The van der Waals surface area contributed by atoms with Gasteiger partial charge in [0.05, 0.1) is 10.5 Å². The summed E-state index contributed by atoms with van der Waals surface area (Å²) in [6.45, 7) is 1.52. The normalized spacial score (nSPS) is 11.2. The Kier molecular flexibility index (Phi) is 5.95. The summed E-state index contributed by atoms with van der Waals surface area (Å²) in [4.78, 5) is 27.0. The standard InChI is InChI=1S/C16H13Cl2N3O4/c1-9-6-11(3-5-14(9)21(23)24)16(22)25-20-15(19)7-10-2-4-12(17)8-13(10)18/h2-6,8H,7H2,1H3,(H2,19,20). The summed E-state index contributed by atoms with van der Waals surface area (Å²) in [6.07, 6.45) is 0.169. The highest BCUT2D eigenvalue weighted by atomic mass is 35.5. The molecular formula is C16H13Cl2N3O4. The average Bonchev–Trinajstić information content (AvgIpc) is 2.54. The summed E-state index contributed by atoms with van der Waals surface area (Å²) >= 11 is 11.8. The SMILES string of the molecule is Cc1cc(C(=O)O/N=C(/N)Cc2ccc(Cl)cc2Cl)ccc1[N+](=O)[O-]. The number of benzene rings is 2. The van der Waals surface area contributed by atoms with Crippen molar-refractivity contribution in [3.8, 4) is 0 Å². The lowest BCUT2D eigenvalue weighted by Crippen LogP contribution is -2.17. The lowest BCUT2D eigenvalue weighted by atomic mass is 10.1. The second-order valence-corrected chi connectivity index (χ2v) is 5.98. The van der Waals surface area contributed by atoms with Crippen LogP contribution >= 0.6 is 23.2 Å². The Morgan fingerprint density at radius 3 is 2.60 bits per heavy atom. The van der Waals surface area contributed by atoms with Gasteiger partial charge < -0.3 is 10.6 Å². The molecule has 7 nitrogen and oxygen atoms in total. The van der Waals surface area contributed by atoms with Crippen LogP contribution in [0.25, 0.3) is 0 Å². The largest absolute Gasteiger partial charge is 0.384 e. The lowest BCUT2D eigenvalue weighted by molar-refractivity contribution is -0.385. The van der Waals surface area contributed by atoms with Crippen LogP contribution in [0.2, 0.25) is 10.0 Å². The van der Waals surface area contributed by atoms with Gasteiger partial charge in [0.25, 0.3) is 5.69 Å². The maximum Gasteiger partial charge on any atom is 0.365 e. The number of amidine groups is 1. The van der Waals surface area contributed by atoms with Gasteiger partial charge in [0.1, 0.15) is 5.84 Å². The molecule has 0 amide bonds. The van der Waals surface area contributed by atoms with Gasteiger partial charge in [-0.1, -0.05) is 34.4 Å². The number of nitrogens with two attached hydrogens (primary N) is 1. The lowest BCUT2D eigenvalue weighted by Gasteiger charge is -2.05. The summed E-state index contributed by atoms with van der Waals surface area (Å²) in [6, 6.07) is 8.78. The molecule has 0 saturated heterocycles. The number of halogens is 2. The molecular weight excluding hydrogens is 369 g/mol. The van der Waals surface area contributed by atoms with Crippen molar-refractivity contribution in [2.24, 2.45) is 10.9 Å². The first-order chi connectivity index (χ1) is 11.8. The summed E-state index contributed by atoms with van der Waals surface area (Å²) < 4.78 is 0. The predicted octanol–water partition coefficient (Wildman–Crippen LogP) is 3.88. The van der Waals surface area contributed by atoms with E-state index in [1.54, 1.807) is 18.2 Å². The average molecular weight is 382 g/mol. The van der Waals surface area contributed by atoms with Gasteiger partial charge in [-0.3, -0.25) is 10.1 Å². The minimum absolute atomic E-state index is 0.0382. The molecule has 0 aliphatic rings. The third-order valence-corrected chi connectivity index (χ3v) is 3.85. The van der Waals surface area contributed by atoms with Crippen LogP contribution in [0, 0.1) is 17.0 Å². The van der Waals surface area contributed by atoms with Crippen molar-refractivity contribution in [2.45, 2.75) is 13.3 Å². The van der Waals surface area contributed by atoms with E-state index in [2.05, 4.69) is 5.16 Å². The Morgan fingerprint density at radius 2 is 2.00 bits per heavy atom. The van der Waals surface area contributed by atoms with Gasteiger partial charge in [-0.05, 0) is 36.8 Å². The van der Waals surface area contributed by atoms with Crippen molar-refractivity contribution >= 4 is 40.7 Å². The van der Waals surface area contributed by atoms with Gasteiger partial charge in [-0.15, -0.1) is 0 Å². The summed E-state index contributed by atoms with van der Waals surface area (Å²) in [5.41, 5.74) is 6.78. The maximum atomic E-state index is 11.9. The van der Waals surface area contributed by atoms with Crippen molar-refractivity contribution in [3.63, 3.8) is 0 Å². The molecule has 130 valence electrons. The number of carbonyl (C=O) groups excluding carboxylic acids is 1. The third-order valence-electron chi connectivity index (χ3n) is 3.26. The zero-order chi connectivity index (χ0) is 18.6. The Morgan fingerprint density at radius 1 is 1.28 bits per heavy atom. The number of aryl methyl sites for hydroxylation is 1. The molecule has 0 atom stereocenters. The highest BCUT2D eigenvalue weighted by molar-refractivity contribution is 6.35. The number of nitro benzene ring substituents is 1. The second-order valence-electron chi connectivity index (χ2n) is 5.13. The monoisotopic (exact) mass is 381 g/mol. The van der Waals surface area contributed by atoms with Crippen molar-refractivity contribution < 1.29 is 14.6 Å². The van der Waals surface area contributed by atoms with E-state index in [4.69, 9.17) is 33.8 Å². The minimum Gasteiger partial charge on any atom is -0.384 e. The summed E-state index contributed by atoms with van der Waals surface area (Å²) in [5, 5.41) is 15.2. The van der Waals surface area contributed by atoms with Crippen molar-refractivity contribution in [2.75, 3.05) is 0 Å². The first-order valence-corrected chi connectivity index (χ1v) is 7.76. The first-order valence-electron chi connectivity index (χ1n) is 7.00. The molecule has 0 aromatic heterocycles. The van der Waals surface area contributed by atoms with Crippen molar-refractivity contribution in [1.82, 2.24) is 0 Å². The first kappa shape index (κ1) is 18.7. The fourth-order valence-corrected chi connectivity index (χ4v) is 2.51. The second kappa shape index (κ2) is 7.96. The van der Waals surface area contributed by atoms with E-state index < -0.39 is 10.9 Å². The zero-order valence-corrected chi connectivity index (χ0v) is 14.5. The fourth-order valence-electron chi connectivity index (χ4n) is 2.03. The number of hydrogen-bond donors (Lipinski definition) is 1. The van der Waals surface area contributed by atoms with Crippen LogP contribution in [0.3, 0.4) is 0 Å². The Bertz CT molecular complexity index is 868. The van der Waals surface area contributed by atoms with Crippen LogP contribution in [0.1, 0.15) is 21.5 Å². The van der Waals surface area contributed by atoms with Crippen molar-refractivity contribution in [1.29, 1.82) is 0 Å². The Hall–Kier alpha value is -2.64. The van der Waals surface area contributed by atoms with Crippen LogP contribution in [0.4, 0.5) is 5.69 Å². The molecule has 0 aliphatic heterocycles. The van der Waals surface area contributed by atoms with Gasteiger partial charge in [-0.2, -0.15) is 0 Å². The zero-order valence-electron chi connectivity index (χ0n) is 13.0. The smallest absolute Gasteiger partial charge is 0.365 e. The number of carbonyl (C=O) groups is 1. The van der Waals surface area contributed by atoms with E-state index in [0.29, 0.717) is 21.2 Å². The number of rotatable bonds is 5. The predicted molar refractivity (Wildman–Crippen MR) is 95.0 cm³/mol. The van der Waals surface area contributed by atoms with E-state index in [-0.39, 0.29) is 23.5 Å². The molecule has 0 saturated carbocycles. The minimum atomic E-state index is -0.775. The number of hydrogen-bond acceptors (Lipinski definition) is 5. The van der Waals surface area contributed by atoms with Gasteiger partial charge in [0, 0.05) is 28.1 Å². The molecule has 2 aromatic carbocycles. The Balaban J connectivity index is 2.06. The van der Waals surface area contributed by atoms with E-state index in [1.807, 2.05) is 0 Å². The molecule has 9 heteroatoms. The van der Waals surface area contributed by atoms with E-state index in [9.17, 15) is 14.9 Å². The molecule has 0 bridgehead atoms. The van der Waals surface area contributed by atoms with E-state index >= 15 is 0 Å². The molecule has 0 fully saturated rings. The molecule has 2 rings (SSSR count). The molecule has 0 aliphatic carbocycles. The van der Waals surface area contributed by atoms with E-state index in [1.165, 1.54) is 25.1 Å². The van der Waals surface area contributed by atoms with Gasteiger partial charge >= 0.3 is 5.97 Å².